The van der Waals surface area contributed by atoms with E-state index in [1.165, 1.54) is 0 Å². The maximum absolute atomic E-state index is 12.5. The molecule has 5 heteroatoms. The lowest BCUT2D eigenvalue weighted by molar-refractivity contribution is 0.0960. The number of hydrogen-bond acceptors (Lipinski definition) is 4. The number of hydrogen-bond donors (Lipinski definition) is 1. The quantitative estimate of drug-likeness (QED) is 0.812. The average molecular weight is 274 g/mol. The second kappa shape index (κ2) is 4.66. The van der Waals surface area contributed by atoms with Crippen LogP contribution in [0.15, 0.2) is 39.6 Å². The minimum atomic E-state index is -0.111. The zero-order valence-electron chi connectivity index (χ0n) is 10.6. The highest BCUT2D eigenvalue weighted by atomic mass is 32.2. The molecule has 3 rings (SSSR count). The van der Waals surface area contributed by atoms with Crippen LogP contribution < -0.4 is 10.6 Å². The lowest BCUT2D eigenvalue weighted by Crippen LogP contribution is -2.35. The fourth-order valence-corrected chi connectivity index (χ4v) is 3.10. The van der Waals surface area contributed by atoms with E-state index >= 15 is 0 Å². The third-order valence-electron chi connectivity index (χ3n) is 3.04. The molecule has 1 aliphatic heterocycles. The van der Waals surface area contributed by atoms with E-state index in [0.717, 1.165) is 22.1 Å². The molecule has 1 amide bonds. The van der Waals surface area contributed by atoms with Gasteiger partial charge in [-0.1, -0.05) is 0 Å². The minimum absolute atomic E-state index is 0.111. The number of nitrogens with zero attached hydrogens (tertiary/aromatic N) is 1. The fourth-order valence-electron chi connectivity index (χ4n) is 2.13. The molecule has 2 N–H and O–H groups in total. The Balaban J connectivity index is 1.99. The van der Waals surface area contributed by atoms with E-state index in [1.54, 1.807) is 28.8 Å². The van der Waals surface area contributed by atoms with Crippen LogP contribution in [0.25, 0.3) is 0 Å². The second-order valence-corrected chi connectivity index (χ2v) is 5.58. The van der Waals surface area contributed by atoms with Crippen molar-refractivity contribution in [2.75, 3.05) is 22.9 Å². The molecule has 4 nitrogen and oxygen atoms in total. The van der Waals surface area contributed by atoms with Gasteiger partial charge in [0.25, 0.3) is 5.91 Å². The van der Waals surface area contributed by atoms with Gasteiger partial charge >= 0.3 is 0 Å². The number of thioether (sulfide) groups is 1. The summed E-state index contributed by atoms with van der Waals surface area (Å²) in [7, 11) is 0. The van der Waals surface area contributed by atoms with Gasteiger partial charge in [0.15, 0.2) is 5.76 Å². The molecule has 1 aromatic heterocycles. The molecule has 19 heavy (non-hydrogen) atoms. The summed E-state index contributed by atoms with van der Waals surface area (Å²) in [6.07, 6.45) is 0. The van der Waals surface area contributed by atoms with Crippen LogP contribution in [0.4, 0.5) is 11.4 Å². The zero-order chi connectivity index (χ0) is 13.4. The maximum Gasteiger partial charge on any atom is 0.294 e. The van der Waals surface area contributed by atoms with Crippen LogP contribution in [0.1, 0.15) is 16.3 Å². The van der Waals surface area contributed by atoms with Gasteiger partial charge in [-0.05, 0) is 37.3 Å². The van der Waals surface area contributed by atoms with Crippen molar-refractivity contribution < 1.29 is 9.21 Å². The maximum atomic E-state index is 12.5. The predicted octanol–water partition coefficient (Wildman–Crippen LogP) is 2.92. The summed E-state index contributed by atoms with van der Waals surface area (Å²) in [5.74, 6) is 1.88. The molecule has 0 bridgehead atoms. The van der Waals surface area contributed by atoms with Crippen molar-refractivity contribution in [3.8, 4) is 0 Å². The Morgan fingerprint density at radius 2 is 2.21 bits per heavy atom. The van der Waals surface area contributed by atoms with Gasteiger partial charge < -0.3 is 15.1 Å². The summed E-state index contributed by atoms with van der Waals surface area (Å²) in [6, 6.07) is 9.17. The highest BCUT2D eigenvalue weighted by Crippen LogP contribution is 2.36. The Labute approximate surface area is 115 Å². The predicted molar refractivity (Wildman–Crippen MR) is 76.7 cm³/mol. The average Bonchev–Trinajstić information content (AvgIpc) is 2.84. The van der Waals surface area contributed by atoms with Crippen LogP contribution in [0.5, 0.6) is 0 Å². The lowest BCUT2D eigenvalue weighted by Gasteiger charge is -2.28. The molecule has 2 heterocycles. The highest BCUT2D eigenvalue weighted by molar-refractivity contribution is 7.99. The number of aryl methyl sites for hydroxylation is 1. The molecule has 0 saturated carbocycles. The number of benzene rings is 1. The first kappa shape index (κ1) is 12.2. The van der Waals surface area contributed by atoms with Gasteiger partial charge in [-0.15, -0.1) is 11.8 Å². The lowest BCUT2D eigenvalue weighted by atomic mass is 10.2. The third-order valence-corrected chi connectivity index (χ3v) is 4.09. The Hall–Kier alpha value is -1.88. The first-order valence-corrected chi connectivity index (χ1v) is 7.04. The molecule has 0 radical (unpaired) electrons. The van der Waals surface area contributed by atoms with Crippen molar-refractivity contribution in [3.63, 3.8) is 0 Å². The summed E-state index contributed by atoms with van der Waals surface area (Å²) in [4.78, 5) is 15.3. The van der Waals surface area contributed by atoms with Crippen LogP contribution >= 0.6 is 11.8 Å². The van der Waals surface area contributed by atoms with Crippen LogP contribution in [-0.2, 0) is 0 Å². The van der Waals surface area contributed by atoms with E-state index in [4.69, 9.17) is 10.2 Å². The van der Waals surface area contributed by atoms with Crippen molar-refractivity contribution in [1.82, 2.24) is 0 Å². The number of carbonyl (C=O) groups excluding carboxylic acids is 1. The number of nitrogens with two attached hydrogens (primary N) is 1. The molecular formula is C14H14N2O2S. The molecule has 1 aromatic carbocycles. The molecule has 0 unspecified atom stereocenters. The van der Waals surface area contributed by atoms with Crippen LogP contribution in [0.2, 0.25) is 0 Å². The van der Waals surface area contributed by atoms with Gasteiger partial charge in [0.1, 0.15) is 5.76 Å². The number of amides is 1. The van der Waals surface area contributed by atoms with Gasteiger partial charge in [-0.3, -0.25) is 4.79 Å². The van der Waals surface area contributed by atoms with Crippen LogP contribution in [-0.4, -0.2) is 18.2 Å². The first-order valence-electron chi connectivity index (χ1n) is 6.06. The first-order chi connectivity index (χ1) is 9.15. The Kier molecular flexibility index (Phi) is 2.98. The number of rotatable bonds is 1. The van der Waals surface area contributed by atoms with E-state index in [-0.39, 0.29) is 5.91 Å². The van der Waals surface area contributed by atoms with E-state index < -0.39 is 0 Å². The molecule has 0 aliphatic carbocycles. The summed E-state index contributed by atoms with van der Waals surface area (Å²) >= 11 is 1.74. The molecule has 1 aliphatic rings. The van der Waals surface area contributed by atoms with E-state index in [9.17, 15) is 4.79 Å². The molecule has 2 aromatic rings. The number of furan rings is 1. The summed E-state index contributed by atoms with van der Waals surface area (Å²) in [5.41, 5.74) is 7.35. The normalized spacial score (nSPS) is 14.3. The van der Waals surface area contributed by atoms with E-state index in [2.05, 4.69) is 0 Å². The largest absolute Gasteiger partial charge is 0.456 e. The standard InChI is InChI=1S/C14H14N2O2S/c1-9-2-4-12(18-9)14(17)16-6-7-19-13-5-3-10(15)8-11(13)16/h2-5,8H,6-7,15H2,1H3. The second-order valence-electron chi connectivity index (χ2n) is 4.44. The van der Waals surface area contributed by atoms with Crippen molar-refractivity contribution in [2.45, 2.75) is 11.8 Å². The van der Waals surface area contributed by atoms with Crippen LogP contribution in [0, 0.1) is 6.92 Å². The summed E-state index contributed by atoms with van der Waals surface area (Å²) in [5, 5.41) is 0. The van der Waals surface area contributed by atoms with E-state index in [1.807, 2.05) is 25.1 Å². The van der Waals surface area contributed by atoms with Gasteiger partial charge in [0.2, 0.25) is 0 Å². The Morgan fingerprint density at radius 3 is 2.95 bits per heavy atom. The zero-order valence-corrected chi connectivity index (χ0v) is 11.4. The van der Waals surface area contributed by atoms with Crippen molar-refractivity contribution in [1.29, 1.82) is 0 Å². The summed E-state index contributed by atoms with van der Waals surface area (Å²) in [6.45, 7) is 2.49. The van der Waals surface area contributed by atoms with Crippen LogP contribution in [0.3, 0.4) is 0 Å². The van der Waals surface area contributed by atoms with Gasteiger partial charge in [-0.25, -0.2) is 0 Å². The smallest absolute Gasteiger partial charge is 0.294 e. The van der Waals surface area contributed by atoms with Crippen molar-refractivity contribution in [3.05, 3.63) is 41.9 Å². The topological polar surface area (TPSA) is 59.5 Å². The minimum Gasteiger partial charge on any atom is -0.456 e. The van der Waals surface area contributed by atoms with Gasteiger partial charge in [0.05, 0.1) is 5.69 Å². The number of carbonyl (C=O) groups is 1. The summed E-state index contributed by atoms with van der Waals surface area (Å²) < 4.78 is 5.41. The molecule has 0 saturated heterocycles. The third kappa shape index (κ3) is 2.21. The van der Waals surface area contributed by atoms with E-state index in [0.29, 0.717) is 18.0 Å². The SMILES string of the molecule is Cc1ccc(C(=O)N2CCSc3ccc(N)cc32)o1. The van der Waals surface area contributed by atoms with Crippen molar-refractivity contribution >= 4 is 29.0 Å². The number of fused-ring (bicyclic) bond motifs is 1. The van der Waals surface area contributed by atoms with Crippen molar-refractivity contribution in [2.24, 2.45) is 0 Å². The van der Waals surface area contributed by atoms with Gasteiger partial charge in [-0.2, -0.15) is 0 Å². The molecule has 98 valence electrons. The monoisotopic (exact) mass is 274 g/mol. The highest BCUT2D eigenvalue weighted by Gasteiger charge is 2.26. The fraction of sp³-hybridized carbons (Fsp3) is 0.214. The Morgan fingerprint density at radius 1 is 1.37 bits per heavy atom. The number of nitrogen functional groups attached to an aromatic ring is 1. The molecule has 0 atom stereocenters. The van der Waals surface area contributed by atoms with Gasteiger partial charge in [0, 0.05) is 22.9 Å². The molecule has 0 spiro atoms. The molecular weight excluding hydrogens is 260 g/mol. The Bertz CT molecular complexity index is 636. The number of anilines is 2. The molecule has 0 fully saturated rings.